The van der Waals surface area contributed by atoms with Crippen molar-refractivity contribution in [2.45, 2.75) is 18.2 Å². The molecule has 0 aliphatic heterocycles. The Labute approximate surface area is 124 Å². The fourth-order valence-electron chi connectivity index (χ4n) is 1.47. The second-order valence-electron chi connectivity index (χ2n) is 4.08. The first kappa shape index (κ1) is 17.2. The Hall–Kier alpha value is -1.88. The lowest BCUT2D eigenvalue weighted by molar-refractivity contribution is -0.119. The molecular formula is C14H18N2O4S. The van der Waals surface area contributed by atoms with Gasteiger partial charge in [0, 0.05) is 18.5 Å². The van der Waals surface area contributed by atoms with E-state index in [0.29, 0.717) is 18.5 Å². The highest BCUT2D eigenvalue weighted by atomic mass is 32.2. The van der Waals surface area contributed by atoms with E-state index in [4.69, 9.17) is 5.11 Å². The van der Waals surface area contributed by atoms with Crippen molar-refractivity contribution in [2.24, 2.45) is 0 Å². The molecule has 0 fully saturated rings. The summed E-state index contributed by atoms with van der Waals surface area (Å²) < 4.78 is 26.3. The third kappa shape index (κ3) is 5.95. The van der Waals surface area contributed by atoms with Crippen LogP contribution in [0.3, 0.4) is 0 Å². The Kier molecular flexibility index (Phi) is 6.88. The van der Waals surface area contributed by atoms with Crippen molar-refractivity contribution in [2.75, 3.05) is 19.7 Å². The molecule has 0 heterocycles. The van der Waals surface area contributed by atoms with Gasteiger partial charge in [0.2, 0.25) is 15.9 Å². The Morgan fingerprint density at radius 3 is 2.81 bits per heavy atom. The summed E-state index contributed by atoms with van der Waals surface area (Å²) in [6.45, 7) is 1.84. The number of rotatable bonds is 6. The van der Waals surface area contributed by atoms with Crippen LogP contribution in [0.2, 0.25) is 0 Å². The van der Waals surface area contributed by atoms with E-state index >= 15 is 0 Å². The maximum Gasteiger partial charge on any atom is 0.241 e. The Bertz CT molecular complexity index is 644. The smallest absolute Gasteiger partial charge is 0.241 e. The van der Waals surface area contributed by atoms with E-state index in [1.54, 1.807) is 19.1 Å². The summed E-state index contributed by atoms with van der Waals surface area (Å²) in [7, 11) is -3.75. The summed E-state index contributed by atoms with van der Waals surface area (Å²) in [6, 6.07) is 6.10. The first-order valence-electron chi connectivity index (χ1n) is 6.45. The number of aliphatic hydroxyl groups is 1. The number of hydrogen-bond acceptors (Lipinski definition) is 4. The maximum atomic E-state index is 12.0. The fraction of sp³-hybridized carbons (Fsp3) is 0.357. The number of carbonyl (C=O) groups is 1. The van der Waals surface area contributed by atoms with Gasteiger partial charge in [0.05, 0.1) is 18.0 Å². The van der Waals surface area contributed by atoms with Crippen molar-refractivity contribution in [1.29, 1.82) is 0 Å². The number of likely N-dealkylation sites (N-methyl/N-ethyl adjacent to an activating group) is 1. The molecule has 1 rings (SSSR count). The molecule has 0 atom stereocenters. The van der Waals surface area contributed by atoms with Crippen LogP contribution in [0.5, 0.6) is 0 Å². The third-order valence-electron chi connectivity index (χ3n) is 2.41. The van der Waals surface area contributed by atoms with Gasteiger partial charge in [0.15, 0.2) is 0 Å². The van der Waals surface area contributed by atoms with Gasteiger partial charge < -0.3 is 10.4 Å². The van der Waals surface area contributed by atoms with E-state index in [0.717, 1.165) is 0 Å². The van der Waals surface area contributed by atoms with E-state index in [1.165, 1.54) is 12.1 Å². The molecule has 0 aliphatic carbocycles. The summed E-state index contributed by atoms with van der Waals surface area (Å²) in [4.78, 5) is 11.3. The molecule has 1 amide bonds. The quantitative estimate of drug-likeness (QED) is 0.636. The van der Waals surface area contributed by atoms with Gasteiger partial charge in [0.25, 0.3) is 0 Å². The SMILES string of the molecule is CCNC(=O)CNS(=O)(=O)c1cccc(C#CCCO)c1. The molecule has 114 valence electrons. The molecule has 0 aliphatic rings. The lowest BCUT2D eigenvalue weighted by atomic mass is 10.2. The standard InChI is InChI=1S/C14H18N2O4S/c1-2-15-14(18)11-16-21(19,20)13-8-5-7-12(10-13)6-3-4-9-17/h5,7-8,10,16-17H,2,4,9,11H2,1H3,(H,15,18). The summed E-state index contributed by atoms with van der Waals surface area (Å²) in [5, 5.41) is 11.2. The molecule has 6 nitrogen and oxygen atoms in total. The van der Waals surface area contributed by atoms with Crippen molar-refractivity contribution < 1.29 is 18.3 Å². The van der Waals surface area contributed by atoms with Crippen LogP contribution in [0, 0.1) is 11.8 Å². The minimum absolute atomic E-state index is 0.0426. The zero-order chi connectivity index (χ0) is 15.7. The van der Waals surface area contributed by atoms with Crippen molar-refractivity contribution in [1.82, 2.24) is 10.0 Å². The van der Waals surface area contributed by atoms with Gasteiger partial charge in [-0.05, 0) is 25.1 Å². The molecule has 0 saturated carbocycles. The molecule has 0 radical (unpaired) electrons. The van der Waals surface area contributed by atoms with Gasteiger partial charge in [0.1, 0.15) is 0 Å². The highest BCUT2D eigenvalue weighted by molar-refractivity contribution is 7.89. The molecule has 0 bridgehead atoms. The topological polar surface area (TPSA) is 95.5 Å². The summed E-state index contributed by atoms with van der Waals surface area (Å²) in [6.07, 6.45) is 0.326. The molecule has 1 aromatic rings. The monoisotopic (exact) mass is 310 g/mol. The Morgan fingerprint density at radius 2 is 2.14 bits per heavy atom. The summed E-state index contributed by atoms with van der Waals surface area (Å²) >= 11 is 0. The van der Waals surface area contributed by atoms with E-state index in [1.807, 2.05) is 0 Å². The van der Waals surface area contributed by atoms with Crippen molar-refractivity contribution in [3.05, 3.63) is 29.8 Å². The van der Waals surface area contributed by atoms with Crippen LogP contribution in [0.1, 0.15) is 18.9 Å². The highest BCUT2D eigenvalue weighted by Gasteiger charge is 2.15. The van der Waals surface area contributed by atoms with Crippen molar-refractivity contribution in [3.63, 3.8) is 0 Å². The second-order valence-corrected chi connectivity index (χ2v) is 5.85. The average molecular weight is 310 g/mol. The van der Waals surface area contributed by atoms with Crippen LogP contribution in [0.4, 0.5) is 0 Å². The lowest BCUT2D eigenvalue weighted by Crippen LogP contribution is -2.36. The van der Waals surface area contributed by atoms with Gasteiger partial charge >= 0.3 is 0 Å². The van der Waals surface area contributed by atoms with Gasteiger partial charge in [-0.15, -0.1) is 0 Å². The van der Waals surface area contributed by atoms with Crippen LogP contribution >= 0.6 is 0 Å². The lowest BCUT2D eigenvalue weighted by Gasteiger charge is -2.07. The van der Waals surface area contributed by atoms with Gasteiger partial charge in [-0.25, -0.2) is 13.1 Å². The van der Waals surface area contributed by atoms with Crippen LogP contribution in [-0.4, -0.2) is 39.1 Å². The molecule has 3 N–H and O–H groups in total. The fourth-order valence-corrected chi connectivity index (χ4v) is 2.49. The van der Waals surface area contributed by atoms with Crippen LogP contribution in [0.25, 0.3) is 0 Å². The Morgan fingerprint density at radius 1 is 1.38 bits per heavy atom. The number of sulfonamides is 1. The zero-order valence-electron chi connectivity index (χ0n) is 11.7. The zero-order valence-corrected chi connectivity index (χ0v) is 12.5. The average Bonchev–Trinajstić information content (AvgIpc) is 2.46. The van der Waals surface area contributed by atoms with E-state index in [2.05, 4.69) is 21.9 Å². The summed E-state index contributed by atoms with van der Waals surface area (Å²) in [5.74, 6) is 5.09. The van der Waals surface area contributed by atoms with Crippen molar-refractivity contribution >= 4 is 15.9 Å². The molecule has 1 aromatic carbocycles. The third-order valence-corrected chi connectivity index (χ3v) is 3.81. The molecule has 0 saturated heterocycles. The molecule has 0 aromatic heterocycles. The number of hydrogen-bond donors (Lipinski definition) is 3. The van der Waals surface area contributed by atoms with Gasteiger partial charge in [-0.1, -0.05) is 17.9 Å². The minimum Gasteiger partial charge on any atom is -0.395 e. The van der Waals surface area contributed by atoms with Crippen LogP contribution in [0.15, 0.2) is 29.2 Å². The maximum absolute atomic E-state index is 12.0. The molecule has 0 unspecified atom stereocenters. The van der Waals surface area contributed by atoms with E-state index in [9.17, 15) is 13.2 Å². The van der Waals surface area contributed by atoms with E-state index in [-0.39, 0.29) is 24.0 Å². The minimum atomic E-state index is -3.75. The van der Waals surface area contributed by atoms with Crippen LogP contribution in [-0.2, 0) is 14.8 Å². The summed E-state index contributed by atoms with van der Waals surface area (Å²) in [5.41, 5.74) is 0.532. The number of aliphatic hydroxyl groups excluding tert-OH is 1. The molecule has 0 spiro atoms. The molecular weight excluding hydrogens is 292 g/mol. The predicted molar refractivity (Wildman–Crippen MR) is 78.9 cm³/mol. The van der Waals surface area contributed by atoms with Gasteiger partial charge in [-0.3, -0.25) is 4.79 Å². The molecule has 7 heteroatoms. The largest absolute Gasteiger partial charge is 0.395 e. The first-order valence-corrected chi connectivity index (χ1v) is 7.94. The number of carbonyl (C=O) groups excluding carboxylic acids is 1. The first-order chi connectivity index (χ1) is 9.99. The number of amides is 1. The highest BCUT2D eigenvalue weighted by Crippen LogP contribution is 2.10. The van der Waals surface area contributed by atoms with E-state index < -0.39 is 10.0 Å². The second kappa shape index (κ2) is 8.42. The molecule has 21 heavy (non-hydrogen) atoms. The Balaban J connectivity index is 2.82. The predicted octanol–water partition coefficient (Wildman–Crippen LogP) is -0.165. The van der Waals surface area contributed by atoms with Gasteiger partial charge in [-0.2, -0.15) is 0 Å². The van der Waals surface area contributed by atoms with Crippen LogP contribution < -0.4 is 10.0 Å². The van der Waals surface area contributed by atoms with Crippen molar-refractivity contribution in [3.8, 4) is 11.8 Å². The number of benzene rings is 1. The normalized spacial score (nSPS) is 10.6. The number of nitrogens with one attached hydrogen (secondary N) is 2.